The van der Waals surface area contributed by atoms with Crippen LogP contribution in [0.2, 0.25) is 0 Å². The summed E-state index contributed by atoms with van der Waals surface area (Å²) in [5, 5.41) is 0. The maximum atomic E-state index is 12.6. The van der Waals surface area contributed by atoms with E-state index in [1.54, 1.807) is 6.07 Å². The number of hydrogen-bond acceptors (Lipinski definition) is 0. The quantitative estimate of drug-likeness (QED) is 0.631. The smallest absolute Gasteiger partial charge is 0.166 e. The normalized spacial score (nSPS) is 25.9. The van der Waals surface area contributed by atoms with Gasteiger partial charge in [-0.05, 0) is 30.4 Å². The highest BCUT2D eigenvalue weighted by Gasteiger charge is 2.32. The molecule has 0 bridgehead atoms. The van der Waals surface area contributed by atoms with Crippen LogP contribution in [0, 0.1) is 0 Å². The molecule has 94 valence electrons. The summed E-state index contributed by atoms with van der Waals surface area (Å²) in [5.41, 5.74) is 0.265. The molecule has 0 amide bonds. The van der Waals surface area contributed by atoms with Crippen LogP contribution in [0.4, 0.5) is 13.2 Å². The summed E-state index contributed by atoms with van der Waals surface area (Å²) in [6.45, 7) is 0. The topological polar surface area (TPSA) is 0 Å². The molecule has 1 aromatic rings. The highest BCUT2D eigenvalue weighted by atomic mass is 79.9. The second-order valence-corrected chi connectivity index (χ2v) is 5.71. The number of benzene rings is 1. The van der Waals surface area contributed by atoms with Gasteiger partial charge in [0, 0.05) is 4.83 Å². The Morgan fingerprint density at radius 1 is 1.12 bits per heavy atom. The van der Waals surface area contributed by atoms with E-state index in [1.165, 1.54) is 12.1 Å². The summed E-state index contributed by atoms with van der Waals surface area (Å²) in [5.74, 6) is 0.214. The van der Waals surface area contributed by atoms with Crippen molar-refractivity contribution in [3.8, 4) is 0 Å². The van der Waals surface area contributed by atoms with Crippen LogP contribution in [-0.4, -0.2) is 4.83 Å². The first-order valence-electron chi connectivity index (χ1n) is 5.80. The van der Waals surface area contributed by atoms with E-state index < -0.39 is 11.7 Å². The summed E-state index contributed by atoms with van der Waals surface area (Å²) in [4.78, 5) is 0.305. The third kappa shape index (κ3) is 3.03. The molecule has 17 heavy (non-hydrogen) atoms. The Hall–Kier alpha value is -0.510. The molecular formula is C13H14BrF3. The fourth-order valence-corrected chi connectivity index (χ4v) is 3.30. The lowest BCUT2D eigenvalue weighted by Crippen LogP contribution is -2.18. The van der Waals surface area contributed by atoms with Gasteiger partial charge in [-0.15, -0.1) is 0 Å². The van der Waals surface area contributed by atoms with Gasteiger partial charge in [-0.2, -0.15) is 13.2 Å². The Kier molecular flexibility index (Phi) is 3.81. The lowest BCUT2D eigenvalue weighted by Gasteiger charge is -2.28. The van der Waals surface area contributed by atoms with Gasteiger partial charge in [0.1, 0.15) is 0 Å². The largest absolute Gasteiger partial charge is 0.416 e. The zero-order chi connectivity index (χ0) is 12.5. The second-order valence-electron chi connectivity index (χ2n) is 4.53. The first-order valence-corrected chi connectivity index (χ1v) is 6.71. The summed E-state index contributed by atoms with van der Waals surface area (Å²) in [6.07, 6.45) is 0.0268. The molecule has 0 radical (unpaired) electrons. The molecular weight excluding hydrogens is 293 g/mol. The molecule has 1 aliphatic carbocycles. The van der Waals surface area contributed by atoms with E-state index in [0.717, 1.165) is 37.3 Å². The van der Waals surface area contributed by atoms with Crippen molar-refractivity contribution in [2.24, 2.45) is 0 Å². The number of alkyl halides is 4. The molecule has 2 unspecified atom stereocenters. The van der Waals surface area contributed by atoms with Crippen LogP contribution in [0.5, 0.6) is 0 Å². The molecule has 4 heteroatoms. The standard InChI is InChI=1S/C13H14BrF3/c14-12-7-2-1-6-11(12)9-4-3-5-10(8-9)13(15,16)17/h3-5,8,11-12H,1-2,6-7H2. The van der Waals surface area contributed by atoms with E-state index in [1.807, 2.05) is 0 Å². The second kappa shape index (κ2) is 5.01. The van der Waals surface area contributed by atoms with Crippen LogP contribution in [0.15, 0.2) is 24.3 Å². The molecule has 0 aromatic heterocycles. The van der Waals surface area contributed by atoms with Crippen molar-refractivity contribution in [1.82, 2.24) is 0 Å². The molecule has 1 aliphatic rings. The molecule has 1 saturated carbocycles. The van der Waals surface area contributed by atoms with Crippen molar-refractivity contribution in [2.45, 2.75) is 42.6 Å². The van der Waals surface area contributed by atoms with Crippen molar-refractivity contribution < 1.29 is 13.2 Å². The highest BCUT2D eigenvalue weighted by Crippen LogP contribution is 2.39. The molecule has 0 N–H and O–H groups in total. The van der Waals surface area contributed by atoms with Gasteiger partial charge >= 0.3 is 6.18 Å². The Labute approximate surface area is 107 Å². The van der Waals surface area contributed by atoms with Gasteiger partial charge in [0.25, 0.3) is 0 Å². The average molecular weight is 307 g/mol. The van der Waals surface area contributed by atoms with Crippen molar-refractivity contribution in [3.05, 3.63) is 35.4 Å². The van der Waals surface area contributed by atoms with Gasteiger partial charge in [0.2, 0.25) is 0 Å². The molecule has 0 spiro atoms. The van der Waals surface area contributed by atoms with E-state index in [9.17, 15) is 13.2 Å². The molecule has 2 atom stereocenters. The third-order valence-corrected chi connectivity index (χ3v) is 4.42. The first-order chi connectivity index (χ1) is 7.98. The van der Waals surface area contributed by atoms with Gasteiger partial charge in [-0.3, -0.25) is 0 Å². The predicted octanol–water partition coefficient (Wildman–Crippen LogP) is 5.13. The van der Waals surface area contributed by atoms with E-state index in [-0.39, 0.29) is 5.92 Å². The summed E-state index contributed by atoms with van der Waals surface area (Å²) >= 11 is 3.59. The fraction of sp³-hybridized carbons (Fsp3) is 0.538. The zero-order valence-electron chi connectivity index (χ0n) is 9.30. The van der Waals surface area contributed by atoms with Crippen LogP contribution >= 0.6 is 15.9 Å². The Morgan fingerprint density at radius 2 is 1.82 bits per heavy atom. The maximum absolute atomic E-state index is 12.6. The minimum absolute atomic E-state index is 0.214. The van der Waals surface area contributed by atoms with Crippen LogP contribution < -0.4 is 0 Å². The zero-order valence-corrected chi connectivity index (χ0v) is 10.9. The third-order valence-electron chi connectivity index (χ3n) is 3.32. The summed E-state index contributed by atoms with van der Waals surface area (Å²) < 4.78 is 37.9. The van der Waals surface area contributed by atoms with Crippen molar-refractivity contribution in [3.63, 3.8) is 0 Å². The van der Waals surface area contributed by atoms with Crippen LogP contribution in [-0.2, 0) is 6.18 Å². The van der Waals surface area contributed by atoms with Gasteiger partial charge in [0.05, 0.1) is 5.56 Å². The number of halogens is 4. The lowest BCUT2D eigenvalue weighted by molar-refractivity contribution is -0.137. The molecule has 2 rings (SSSR count). The average Bonchev–Trinajstić information content (AvgIpc) is 2.29. The van der Waals surface area contributed by atoms with Gasteiger partial charge in [0.15, 0.2) is 0 Å². The lowest BCUT2D eigenvalue weighted by atomic mass is 9.83. The molecule has 1 fully saturated rings. The summed E-state index contributed by atoms with van der Waals surface area (Å²) in [7, 11) is 0. The van der Waals surface area contributed by atoms with Gasteiger partial charge in [-0.25, -0.2) is 0 Å². The van der Waals surface area contributed by atoms with Crippen LogP contribution in [0.3, 0.4) is 0 Å². The van der Waals surface area contributed by atoms with E-state index in [0.29, 0.717) is 4.83 Å². The van der Waals surface area contributed by atoms with Crippen LogP contribution in [0.1, 0.15) is 42.7 Å². The number of hydrogen-bond donors (Lipinski definition) is 0. The van der Waals surface area contributed by atoms with Gasteiger partial charge < -0.3 is 0 Å². The molecule has 0 nitrogen and oxygen atoms in total. The van der Waals surface area contributed by atoms with E-state index >= 15 is 0 Å². The van der Waals surface area contributed by atoms with Crippen LogP contribution in [0.25, 0.3) is 0 Å². The van der Waals surface area contributed by atoms with Crippen molar-refractivity contribution in [2.75, 3.05) is 0 Å². The Morgan fingerprint density at radius 3 is 2.47 bits per heavy atom. The van der Waals surface area contributed by atoms with E-state index in [4.69, 9.17) is 0 Å². The minimum atomic E-state index is -4.24. The molecule has 1 aromatic carbocycles. The van der Waals surface area contributed by atoms with Gasteiger partial charge in [-0.1, -0.05) is 47.0 Å². The minimum Gasteiger partial charge on any atom is -0.166 e. The molecule has 0 aliphatic heterocycles. The van der Waals surface area contributed by atoms with Crippen molar-refractivity contribution >= 4 is 15.9 Å². The monoisotopic (exact) mass is 306 g/mol. The fourth-order valence-electron chi connectivity index (χ4n) is 2.41. The maximum Gasteiger partial charge on any atom is 0.416 e. The summed E-state index contributed by atoms with van der Waals surface area (Å²) in [6, 6.07) is 5.74. The SMILES string of the molecule is FC(F)(F)c1cccc(C2CCCCC2Br)c1. The number of rotatable bonds is 1. The Balaban J connectivity index is 2.26. The Bertz CT molecular complexity index is 386. The highest BCUT2D eigenvalue weighted by molar-refractivity contribution is 9.09. The van der Waals surface area contributed by atoms with E-state index in [2.05, 4.69) is 15.9 Å². The first kappa shape index (κ1) is 12.9. The predicted molar refractivity (Wildman–Crippen MR) is 65.4 cm³/mol. The molecule has 0 heterocycles. The molecule has 0 saturated heterocycles. The van der Waals surface area contributed by atoms with Crippen molar-refractivity contribution in [1.29, 1.82) is 0 Å².